The molecular weight excluding hydrogens is 503 g/mol. The summed E-state index contributed by atoms with van der Waals surface area (Å²) < 4.78 is 0. The van der Waals surface area contributed by atoms with Crippen molar-refractivity contribution in [2.45, 2.75) is 25.9 Å². The number of fused-ring (bicyclic) bond motifs is 6. The van der Waals surface area contributed by atoms with E-state index in [1.807, 2.05) is 12.1 Å². The van der Waals surface area contributed by atoms with Crippen LogP contribution in [0.3, 0.4) is 0 Å². The number of rotatable bonds is 0. The van der Waals surface area contributed by atoms with Crippen molar-refractivity contribution in [3.63, 3.8) is 0 Å². The molecule has 4 aromatic carbocycles. The Bertz CT molecular complexity index is 947. The van der Waals surface area contributed by atoms with Gasteiger partial charge >= 0.3 is 26.2 Å². The van der Waals surface area contributed by atoms with Crippen molar-refractivity contribution in [1.29, 1.82) is 0 Å². The monoisotopic (exact) mass is 528 g/mol. The summed E-state index contributed by atoms with van der Waals surface area (Å²) in [5.41, 5.74) is 11.0. The third-order valence-electron chi connectivity index (χ3n) is 5.23. The first-order chi connectivity index (χ1) is 15.3. The SMILES string of the molecule is C[SiH]C.[CH2-]Cl.[Zr+3].[c-]1cccc2c1Cc1ccccc1-2.[c-]1cccc2c1Cc1ccccc1-2. The maximum absolute atomic E-state index is 4.39. The Labute approximate surface area is 220 Å². The summed E-state index contributed by atoms with van der Waals surface area (Å²) in [4.78, 5) is 0. The van der Waals surface area contributed by atoms with Crippen LogP contribution >= 0.6 is 11.6 Å². The van der Waals surface area contributed by atoms with E-state index in [0.717, 1.165) is 22.4 Å². The van der Waals surface area contributed by atoms with Gasteiger partial charge < -0.3 is 11.6 Å². The average molecular weight is 530 g/mol. The van der Waals surface area contributed by atoms with Gasteiger partial charge in [0.05, 0.1) is 0 Å². The van der Waals surface area contributed by atoms with Crippen LogP contribution in [0.2, 0.25) is 13.1 Å². The van der Waals surface area contributed by atoms with Gasteiger partial charge in [-0.2, -0.15) is 59.7 Å². The summed E-state index contributed by atoms with van der Waals surface area (Å²) in [5, 5.41) is 0. The largest absolute Gasteiger partial charge is 3.00 e. The van der Waals surface area contributed by atoms with Gasteiger partial charge in [0.15, 0.2) is 0 Å². The molecule has 0 bridgehead atoms. The van der Waals surface area contributed by atoms with Crippen molar-refractivity contribution in [3.8, 4) is 22.3 Å². The molecule has 158 valence electrons. The van der Waals surface area contributed by atoms with E-state index in [-0.39, 0.29) is 26.2 Å². The van der Waals surface area contributed by atoms with E-state index in [2.05, 4.69) is 116 Å². The van der Waals surface area contributed by atoms with Crippen molar-refractivity contribution in [2.75, 3.05) is 0 Å². The van der Waals surface area contributed by atoms with Crippen molar-refractivity contribution in [2.24, 2.45) is 0 Å². The van der Waals surface area contributed by atoms with E-state index in [1.165, 1.54) is 44.5 Å². The van der Waals surface area contributed by atoms with E-state index < -0.39 is 0 Å². The first-order valence-electron chi connectivity index (χ1n) is 10.5. The van der Waals surface area contributed by atoms with E-state index in [9.17, 15) is 0 Å². The molecule has 4 aromatic rings. The Balaban J connectivity index is 0.000000185. The summed E-state index contributed by atoms with van der Waals surface area (Å²) in [7, 11) is 0.750. The molecule has 6 rings (SSSR count). The Kier molecular flexibility index (Phi) is 11.4. The molecule has 0 spiro atoms. The molecule has 0 heterocycles. The minimum atomic E-state index is 0. The molecular formula is C29H27ClSiZr. The predicted molar refractivity (Wildman–Crippen MR) is 137 cm³/mol. The maximum Gasteiger partial charge on any atom is 3.00 e. The van der Waals surface area contributed by atoms with E-state index in [0.29, 0.717) is 0 Å². The van der Waals surface area contributed by atoms with Gasteiger partial charge in [0.2, 0.25) is 0 Å². The zero-order chi connectivity index (χ0) is 22.1. The summed E-state index contributed by atoms with van der Waals surface area (Å²) in [6.45, 7) is 4.42. The van der Waals surface area contributed by atoms with Crippen molar-refractivity contribution in [1.82, 2.24) is 0 Å². The zero-order valence-corrected chi connectivity index (χ0v) is 23.0. The van der Waals surface area contributed by atoms with E-state index in [1.54, 1.807) is 0 Å². The van der Waals surface area contributed by atoms with Crippen LogP contribution in [0.5, 0.6) is 0 Å². The van der Waals surface area contributed by atoms with Crippen LogP contribution in [0, 0.1) is 18.5 Å². The first kappa shape index (κ1) is 26.5. The summed E-state index contributed by atoms with van der Waals surface area (Å²) in [6.07, 6.45) is 4.82. The minimum Gasteiger partial charge on any atom is -0.352 e. The fourth-order valence-electron chi connectivity index (χ4n) is 4.00. The average Bonchev–Trinajstić information content (AvgIpc) is 3.40. The van der Waals surface area contributed by atoms with Gasteiger partial charge in [0.1, 0.15) is 0 Å². The molecule has 0 amide bonds. The smallest absolute Gasteiger partial charge is 0.352 e. The van der Waals surface area contributed by atoms with Crippen LogP contribution in [0.15, 0.2) is 84.9 Å². The second-order valence-corrected chi connectivity index (χ2v) is 8.52. The summed E-state index contributed by atoms with van der Waals surface area (Å²) in [5.74, 6) is 0. The summed E-state index contributed by atoms with van der Waals surface area (Å²) in [6, 6.07) is 36.2. The molecule has 0 N–H and O–H groups in total. The second-order valence-electron chi connectivity index (χ2n) is 7.37. The van der Waals surface area contributed by atoms with Crippen LogP contribution in [-0.2, 0) is 39.0 Å². The Hall–Kier alpha value is -1.73. The minimum absolute atomic E-state index is 0. The molecule has 0 nitrogen and oxygen atoms in total. The van der Waals surface area contributed by atoms with Crippen LogP contribution in [0.1, 0.15) is 22.3 Å². The molecule has 0 aliphatic heterocycles. The fourth-order valence-corrected chi connectivity index (χ4v) is 4.00. The van der Waals surface area contributed by atoms with Gasteiger partial charge in [-0.1, -0.05) is 83.9 Å². The molecule has 0 fully saturated rings. The van der Waals surface area contributed by atoms with Gasteiger partial charge in [0, 0.05) is 9.52 Å². The normalized spacial score (nSPS) is 10.8. The van der Waals surface area contributed by atoms with Gasteiger partial charge in [0.25, 0.3) is 0 Å². The third-order valence-corrected chi connectivity index (χ3v) is 5.23. The number of hydrogen-bond acceptors (Lipinski definition) is 0. The second kappa shape index (κ2) is 13.7. The number of benzene rings is 4. The molecule has 32 heavy (non-hydrogen) atoms. The topological polar surface area (TPSA) is 0 Å². The van der Waals surface area contributed by atoms with Gasteiger partial charge in [-0.3, -0.25) is 6.38 Å². The Morgan fingerprint density at radius 3 is 1.38 bits per heavy atom. The molecule has 3 heteroatoms. The van der Waals surface area contributed by atoms with Gasteiger partial charge in [-0.25, -0.2) is 0 Å². The predicted octanol–water partition coefficient (Wildman–Crippen LogP) is 7.65. The Morgan fingerprint density at radius 2 is 0.969 bits per heavy atom. The number of hydrogen-bond donors (Lipinski definition) is 0. The molecule has 2 aliphatic rings. The molecule has 0 saturated heterocycles. The fraction of sp³-hybridized carbons (Fsp3) is 0.138. The van der Waals surface area contributed by atoms with E-state index >= 15 is 0 Å². The summed E-state index contributed by atoms with van der Waals surface area (Å²) >= 11 is 4.39. The molecule has 2 radical (unpaired) electrons. The van der Waals surface area contributed by atoms with E-state index in [4.69, 9.17) is 0 Å². The van der Waals surface area contributed by atoms with Crippen molar-refractivity contribution >= 4 is 21.1 Å². The molecule has 0 atom stereocenters. The zero-order valence-electron chi connectivity index (χ0n) is 18.7. The number of halogens is 1. The van der Waals surface area contributed by atoms with Crippen molar-refractivity contribution < 1.29 is 26.2 Å². The molecule has 0 unspecified atom stereocenters. The maximum atomic E-state index is 4.39. The van der Waals surface area contributed by atoms with Gasteiger partial charge in [-0.15, -0.1) is 11.1 Å². The third kappa shape index (κ3) is 6.19. The first-order valence-corrected chi connectivity index (χ1v) is 13.3. The van der Waals surface area contributed by atoms with Gasteiger partial charge in [-0.05, 0) is 12.8 Å². The van der Waals surface area contributed by atoms with Crippen molar-refractivity contribution in [3.05, 3.63) is 126 Å². The van der Waals surface area contributed by atoms with Crippen LogP contribution in [-0.4, -0.2) is 9.52 Å². The van der Waals surface area contributed by atoms with Crippen LogP contribution in [0.4, 0.5) is 0 Å². The Morgan fingerprint density at radius 1 is 0.625 bits per heavy atom. The molecule has 0 aromatic heterocycles. The van der Waals surface area contributed by atoms with Crippen LogP contribution in [0.25, 0.3) is 22.3 Å². The quantitative estimate of drug-likeness (QED) is 0.140. The molecule has 2 aliphatic carbocycles. The van der Waals surface area contributed by atoms with Crippen LogP contribution < -0.4 is 0 Å². The molecule has 0 saturated carbocycles. The standard InChI is InChI=1S/2C13H9.C2H7Si.CH2Cl.Zr/c2*1-3-7-12-10(5-1)9-11-6-2-4-8-13(11)12;1-3-2;1-2;/h2*1-5,7-8H,9H2;3H,1-2H3;1H2;/q2*-1;;-1;+3.